The van der Waals surface area contributed by atoms with Gasteiger partial charge in [-0.1, -0.05) is 45.9 Å². The van der Waals surface area contributed by atoms with Crippen molar-refractivity contribution in [3.05, 3.63) is 83.3 Å². The Morgan fingerprint density at radius 2 is 1.63 bits per heavy atom. The van der Waals surface area contributed by atoms with Crippen LogP contribution in [0.25, 0.3) is 11.5 Å². The lowest BCUT2D eigenvalue weighted by Crippen LogP contribution is -2.13. The molecule has 0 spiro atoms. The number of carbonyl (C=O) groups is 1. The summed E-state index contributed by atoms with van der Waals surface area (Å²) >= 11 is 4.57. The summed E-state index contributed by atoms with van der Waals surface area (Å²) in [6, 6.07) is 24.3. The van der Waals surface area contributed by atoms with Crippen LogP contribution < -0.4 is 10.1 Å². The first-order valence-corrected chi connectivity index (χ1v) is 10.8. The molecule has 0 saturated heterocycles. The molecule has 4 aromatic rings. The summed E-state index contributed by atoms with van der Waals surface area (Å²) in [5.41, 5.74) is 1.50. The van der Waals surface area contributed by atoms with E-state index in [0.29, 0.717) is 22.6 Å². The number of hydrogen-bond acceptors (Lipinski definition) is 6. The van der Waals surface area contributed by atoms with E-state index in [-0.39, 0.29) is 11.7 Å². The van der Waals surface area contributed by atoms with Crippen LogP contribution in [0.5, 0.6) is 11.5 Å². The van der Waals surface area contributed by atoms with Gasteiger partial charge < -0.3 is 14.5 Å². The summed E-state index contributed by atoms with van der Waals surface area (Å²) in [7, 11) is 0. The van der Waals surface area contributed by atoms with E-state index >= 15 is 0 Å². The van der Waals surface area contributed by atoms with Gasteiger partial charge in [-0.2, -0.15) is 0 Å². The van der Waals surface area contributed by atoms with Crippen molar-refractivity contribution < 1.29 is 13.9 Å². The van der Waals surface area contributed by atoms with Crippen LogP contribution in [-0.4, -0.2) is 21.9 Å². The fraction of sp³-hybridized carbons (Fsp3) is 0.0455. The number of halogens is 1. The van der Waals surface area contributed by atoms with Gasteiger partial charge in [0.25, 0.3) is 5.22 Å². The molecule has 150 valence electrons. The Morgan fingerprint density at radius 1 is 0.933 bits per heavy atom. The third-order valence-electron chi connectivity index (χ3n) is 3.94. The predicted molar refractivity (Wildman–Crippen MR) is 120 cm³/mol. The van der Waals surface area contributed by atoms with E-state index in [1.807, 2.05) is 54.6 Å². The minimum absolute atomic E-state index is 0.157. The van der Waals surface area contributed by atoms with Crippen molar-refractivity contribution in [1.29, 1.82) is 0 Å². The van der Waals surface area contributed by atoms with Crippen LogP contribution in [-0.2, 0) is 4.79 Å². The van der Waals surface area contributed by atoms with E-state index in [1.165, 1.54) is 11.8 Å². The molecule has 1 N–H and O–H groups in total. The molecule has 0 bridgehead atoms. The van der Waals surface area contributed by atoms with Gasteiger partial charge in [0, 0.05) is 15.7 Å². The van der Waals surface area contributed by atoms with Crippen LogP contribution >= 0.6 is 27.7 Å². The molecular weight excluding hydrogens is 466 g/mol. The molecule has 0 radical (unpaired) electrons. The van der Waals surface area contributed by atoms with Gasteiger partial charge in [0.2, 0.25) is 11.8 Å². The molecule has 0 aliphatic heterocycles. The van der Waals surface area contributed by atoms with Gasteiger partial charge in [0.1, 0.15) is 11.5 Å². The second-order valence-corrected chi connectivity index (χ2v) is 8.00. The number of anilines is 1. The van der Waals surface area contributed by atoms with Crippen LogP contribution in [0, 0.1) is 0 Å². The van der Waals surface area contributed by atoms with Gasteiger partial charge in [-0.25, -0.2) is 0 Å². The number of carbonyl (C=O) groups excluding carboxylic acids is 1. The summed E-state index contributed by atoms with van der Waals surface area (Å²) < 4.78 is 12.3. The summed E-state index contributed by atoms with van der Waals surface area (Å²) in [5, 5.41) is 11.2. The minimum Gasteiger partial charge on any atom is -0.457 e. The van der Waals surface area contributed by atoms with E-state index < -0.39 is 0 Å². The smallest absolute Gasteiger partial charge is 0.277 e. The highest BCUT2D eigenvalue weighted by atomic mass is 79.9. The van der Waals surface area contributed by atoms with Crippen molar-refractivity contribution in [3.8, 4) is 23.0 Å². The number of nitrogens with one attached hydrogen (secondary N) is 1. The van der Waals surface area contributed by atoms with E-state index in [2.05, 4.69) is 31.4 Å². The molecule has 0 aliphatic carbocycles. The fourth-order valence-electron chi connectivity index (χ4n) is 2.53. The van der Waals surface area contributed by atoms with Gasteiger partial charge in [-0.15, -0.1) is 10.2 Å². The number of nitrogens with zero attached hydrogens (tertiary/aromatic N) is 2. The fourth-order valence-corrected chi connectivity index (χ4v) is 3.36. The van der Waals surface area contributed by atoms with Gasteiger partial charge in [0.05, 0.1) is 5.75 Å². The monoisotopic (exact) mass is 481 g/mol. The van der Waals surface area contributed by atoms with E-state index in [4.69, 9.17) is 9.15 Å². The SMILES string of the molecule is O=C(CSc1nnc(-c2ccc(Br)cc2)o1)Nc1ccc(Oc2ccccc2)cc1. The lowest BCUT2D eigenvalue weighted by Gasteiger charge is -2.07. The largest absolute Gasteiger partial charge is 0.457 e. The van der Waals surface area contributed by atoms with Gasteiger partial charge >= 0.3 is 0 Å². The second kappa shape index (κ2) is 9.60. The molecule has 3 aromatic carbocycles. The maximum Gasteiger partial charge on any atom is 0.277 e. The standard InChI is InChI=1S/C22H16BrN3O3S/c23-16-8-6-15(7-9-16)21-25-26-22(29-21)30-14-20(27)24-17-10-12-19(13-11-17)28-18-4-2-1-3-5-18/h1-13H,14H2,(H,24,27). The number of para-hydroxylation sites is 1. The molecule has 30 heavy (non-hydrogen) atoms. The summed E-state index contributed by atoms with van der Waals surface area (Å²) in [6.45, 7) is 0. The van der Waals surface area contributed by atoms with Crippen LogP contribution in [0.4, 0.5) is 5.69 Å². The Labute approximate surface area is 185 Å². The molecule has 0 fully saturated rings. The Hall–Kier alpha value is -3.10. The minimum atomic E-state index is -0.167. The molecular formula is C22H16BrN3O3S. The Bertz CT molecular complexity index is 1120. The van der Waals surface area contributed by atoms with Crippen molar-refractivity contribution in [2.45, 2.75) is 5.22 Å². The molecule has 0 unspecified atom stereocenters. The van der Waals surface area contributed by atoms with Crippen LogP contribution in [0.15, 0.2) is 93.0 Å². The van der Waals surface area contributed by atoms with Crippen LogP contribution in [0.1, 0.15) is 0 Å². The van der Waals surface area contributed by atoms with Crippen LogP contribution in [0.2, 0.25) is 0 Å². The second-order valence-electron chi connectivity index (χ2n) is 6.16. The summed E-state index contributed by atoms with van der Waals surface area (Å²) in [6.07, 6.45) is 0. The van der Waals surface area contributed by atoms with Gasteiger partial charge in [0.15, 0.2) is 0 Å². The van der Waals surface area contributed by atoms with Crippen molar-refractivity contribution >= 4 is 39.3 Å². The average molecular weight is 482 g/mol. The maximum atomic E-state index is 12.2. The maximum absolute atomic E-state index is 12.2. The number of hydrogen-bond donors (Lipinski definition) is 1. The first-order valence-electron chi connectivity index (χ1n) is 9.01. The Balaban J connectivity index is 1.28. The third kappa shape index (κ3) is 5.49. The van der Waals surface area contributed by atoms with Crippen molar-refractivity contribution in [2.24, 2.45) is 0 Å². The van der Waals surface area contributed by atoms with Crippen LogP contribution in [0.3, 0.4) is 0 Å². The molecule has 8 heteroatoms. The molecule has 0 atom stereocenters. The summed E-state index contributed by atoms with van der Waals surface area (Å²) in [4.78, 5) is 12.2. The van der Waals surface area contributed by atoms with Crippen molar-refractivity contribution in [3.63, 3.8) is 0 Å². The molecule has 1 aromatic heterocycles. The molecule has 4 rings (SSSR count). The zero-order valence-electron chi connectivity index (χ0n) is 15.6. The molecule has 0 saturated carbocycles. The van der Waals surface area contributed by atoms with Crippen molar-refractivity contribution in [1.82, 2.24) is 10.2 Å². The number of thioether (sulfide) groups is 1. The number of ether oxygens (including phenoxy) is 1. The molecule has 1 amide bonds. The zero-order valence-corrected chi connectivity index (χ0v) is 18.0. The quantitative estimate of drug-likeness (QED) is 0.325. The van der Waals surface area contributed by atoms with E-state index in [0.717, 1.165) is 15.8 Å². The van der Waals surface area contributed by atoms with Gasteiger partial charge in [-0.3, -0.25) is 4.79 Å². The number of aromatic nitrogens is 2. The van der Waals surface area contributed by atoms with E-state index in [1.54, 1.807) is 24.3 Å². The molecule has 0 aliphatic rings. The summed E-state index contributed by atoms with van der Waals surface area (Å²) in [5.74, 6) is 1.86. The lowest BCUT2D eigenvalue weighted by atomic mass is 10.2. The van der Waals surface area contributed by atoms with Crippen molar-refractivity contribution in [2.75, 3.05) is 11.1 Å². The normalized spacial score (nSPS) is 10.6. The first-order chi connectivity index (χ1) is 14.7. The molecule has 1 heterocycles. The lowest BCUT2D eigenvalue weighted by molar-refractivity contribution is -0.113. The third-order valence-corrected chi connectivity index (χ3v) is 5.29. The number of amides is 1. The average Bonchev–Trinajstić information content (AvgIpc) is 3.24. The highest BCUT2D eigenvalue weighted by Crippen LogP contribution is 2.25. The highest BCUT2D eigenvalue weighted by Gasteiger charge is 2.11. The van der Waals surface area contributed by atoms with E-state index in [9.17, 15) is 4.79 Å². The Morgan fingerprint density at radius 3 is 2.37 bits per heavy atom. The predicted octanol–water partition coefficient (Wildman–Crippen LogP) is 6.02. The zero-order chi connectivity index (χ0) is 20.8. The molecule has 6 nitrogen and oxygen atoms in total. The first kappa shape index (κ1) is 20.2. The van der Waals surface area contributed by atoms with Gasteiger partial charge in [-0.05, 0) is 60.7 Å². The topological polar surface area (TPSA) is 77.2 Å². The number of benzene rings is 3. The number of rotatable bonds is 7. The Kier molecular flexibility index (Phi) is 6.46. The highest BCUT2D eigenvalue weighted by molar-refractivity contribution is 9.10.